The number of hydrogen-bond acceptors (Lipinski definition) is 11. The van der Waals surface area contributed by atoms with Crippen LogP contribution >= 0.6 is 7.82 Å². The number of carbonyl (C=O) groups excluding carboxylic acids is 1. The van der Waals surface area contributed by atoms with Crippen LogP contribution in [-0.4, -0.2) is 98.9 Å². The molecule has 0 amide bonds. The highest BCUT2D eigenvalue weighted by molar-refractivity contribution is 7.47. The largest absolute Gasteiger partial charge is 0.472 e. The van der Waals surface area contributed by atoms with E-state index in [9.17, 15) is 39.8 Å². The van der Waals surface area contributed by atoms with Gasteiger partial charge in [0.2, 0.25) is 0 Å². The third-order valence-corrected chi connectivity index (χ3v) is 11.7. The molecule has 0 saturated heterocycles. The fourth-order valence-electron chi connectivity index (χ4n) is 6.99. The lowest BCUT2D eigenvalue weighted by Crippen LogP contribution is -2.64. The molecule has 0 heterocycles. The minimum atomic E-state index is -5.02. The number of allylic oxidation sites excluding steroid dienone is 8. The number of hydrogen-bond donors (Lipinski definition) is 6. The zero-order valence-electron chi connectivity index (χ0n) is 37.2. The number of esters is 1. The molecule has 0 bridgehead atoms. The number of aliphatic hydroxyl groups is 5. The van der Waals surface area contributed by atoms with Crippen molar-refractivity contribution in [2.24, 2.45) is 0 Å². The summed E-state index contributed by atoms with van der Waals surface area (Å²) >= 11 is 0. The Morgan fingerprint density at radius 1 is 0.550 bits per heavy atom. The molecule has 0 aliphatic heterocycles. The Morgan fingerprint density at radius 3 is 1.50 bits per heavy atom. The van der Waals surface area contributed by atoms with E-state index in [1.54, 1.807) is 0 Å². The highest BCUT2D eigenvalue weighted by Crippen LogP contribution is 2.47. The van der Waals surface area contributed by atoms with Gasteiger partial charge < -0.3 is 39.9 Å². The van der Waals surface area contributed by atoms with Crippen molar-refractivity contribution in [2.75, 3.05) is 19.8 Å². The zero-order valence-corrected chi connectivity index (χ0v) is 38.1. The molecule has 1 aliphatic carbocycles. The Balaban J connectivity index is 2.34. The van der Waals surface area contributed by atoms with Crippen molar-refractivity contribution in [3.05, 3.63) is 48.6 Å². The van der Waals surface area contributed by atoms with Gasteiger partial charge in [-0.25, -0.2) is 4.57 Å². The van der Waals surface area contributed by atoms with Crippen molar-refractivity contribution in [3.63, 3.8) is 0 Å². The molecule has 6 atom stereocenters. The molecule has 0 aromatic carbocycles. The number of phosphoric ester groups is 1. The minimum Gasteiger partial charge on any atom is -0.457 e. The topological polar surface area (TPSA) is 192 Å². The second kappa shape index (κ2) is 37.8. The number of carbonyl (C=O) groups is 1. The summed E-state index contributed by atoms with van der Waals surface area (Å²) in [5.74, 6) is -0.482. The number of aliphatic hydroxyl groups excluding tert-OH is 5. The van der Waals surface area contributed by atoms with Gasteiger partial charge in [-0.2, -0.15) is 0 Å². The number of ether oxygens (including phenoxy) is 2. The van der Waals surface area contributed by atoms with Gasteiger partial charge in [0.25, 0.3) is 0 Å². The van der Waals surface area contributed by atoms with Crippen LogP contribution in [0.1, 0.15) is 181 Å². The molecule has 0 aromatic rings. The summed E-state index contributed by atoms with van der Waals surface area (Å²) in [7, 11) is -5.02. The third kappa shape index (κ3) is 29.6. The van der Waals surface area contributed by atoms with Crippen molar-refractivity contribution >= 4 is 13.8 Å². The molecule has 350 valence electrons. The van der Waals surface area contributed by atoms with Crippen molar-refractivity contribution in [2.45, 2.75) is 224 Å². The normalized spacial score (nSPS) is 22.7. The van der Waals surface area contributed by atoms with Gasteiger partial charge in [0.05, 0.1) is 13.2 Å². The predicted molar refractivity (Wildman–Crippen MR) is 239 cm³/mol. The first-order chi connectivity index (χ1) is 29.0. The third-order valence-electron chi connectivity index (χ3n) is 10.7. The molecule has 13 heteroatoms. The van der Waals surface area contributed by atoms with Crippen LogP contribution in [0.15, 0.2) is 48.6 Å². The van der Waals surface area contributed by atoms with Gasteiger partial charge in [-0.15, -0.1) is 0 Å². The molecule has 6 N–H and O–H groups in total. The van der Waals surface area contributed by atoms with E-state index in [1.165, 1.54) is 77.0 Å². The smallest absolute Gasteiger partial charge is 0.457 e. The Kier molecular flexibility index (Phi) is 35.5. The molecule has 12 nitrogen and oxygen atoms in total. The zero-order chi connectivity index (χ0) is 44.1. The lowest BCUT2D eigenvalue weighted by atomic mass is 9.85. The van der Waals surface area contributed by atoms with Crippen molar-refractivity contribution < 1.29 is 58.3 Å². The monoisotopic (exact) mass is 873 g/mol. The highest BCUT2D eigenvalue weighted by Gasteiger charge is 2.51. The summed E-state index contributed by atoms with van der Waals surface area (Å²) in [6.07, 6.45) is 33.3. The SMILES string of the molecule is CC/C=C\C/C=C\C/C=C\C/C=C\CCCCCCCCCCCOCC(COP(=O)(O)OC1C(O)C(O)C(O)C(O)C1O)OC(=O)CCCCCCCCCCCCC. The Labute approximate surface area is 363 Å². The molecule has 1 rings (SSSR count). The molecule has 1 aliphatic rings. The van der Waals surface area contributed by atoms with Crippen LogP contribution in [0.25, 0.3) is 0 Å². The van der Waals surface area contributed by atoms with Crippen molar-refractivity contribution in [1.29, 1.82) is 0 Å². The number of rotatable bonds is 39. The van der Waals surface area contributed by atoms with E-state index >= 15 is 0 Å². The van der Waals surface area contributed by atoms with Crippen LogP contribution in [0.2, 0.25) is 0 Å². The molecule has 0 aromatic heterocycles. The Morgan fingerprint density at radius 2 is 0.983 bits per heavy atom. The lowest BCUT2D eigenvalue weighted by Gasteiger charge is -2.41. The van der Waals surface area contributed by atoms with E-state index in [4.69, 9.17) is 18.5 Å². The van der Waals surface area contributed by atoms with Gasteiger partial charge in [-0.1, -0.05) is 172 Å². The summed E-state index contributed by atoms with van der Waals surface area (Å²) < 4.78 is 34.2. The lowest BCUT2D eigenvalue weighted by molar-refractivity contribution is -0.220. The van der Waals surface area contributed by atoms with E-state index in [-0.39, 0.29) is 13.0 Å². The Bertz CT molecular complexity index is 1180. The molecule has 60 heavy (non-hydrogen) atoms. The number of phosphoric acid groups is 1. The summed E-state index contributed by atoms with van der Waals surface area (Å²) in [5, 5.41) is 50.1. The first-order valence-electron chi connectivity index (χ1n) is 23.5. The van der Waals surface area contributed by atoms with Crippen molar-refractivity contribution in [1.82, 2.24) is 0 Å². The molecule has 0 radical (unpaired) electrons. The number of unbranched alkanes of at least 4 members (excludes halogenated alkanes) is 19. The maximum atomic E-state index is 12.8. The Hall–Kier alpha value is -1.70. The first kappa shape index (κ1) is 56.3. The standard InChI is InChI=1S/C47H85O12P/c1-3-5-7-9-11-13-15-16-17-18-19-20-21-22-23-24-25-27-29-31-33-35-37-56-38-40(58-41(48)36-34-32-30-28-26-14-12-10-8-6-4-2)39-57-60(54,55)59-47-45(52)43(50)42(49)44(51)46(47)53/h5,7,11,13,16-17,19-20,40,42-47,49-53H,3-4,6,8-10,12,14-15,18,21-39H2,1-2H3,(H,54,55)/b7-5-,13-11-,17-16-,20-19-. The molecular weight excluding hydrogens is 787 g/mol. The molecule has 1 saturated carbocycles. The van der Waals surface area contributed by atoms with Crippen LogP contribution < -0.4 is 0 Å². The van der Waals surface area contributed by atoms with E-state index in [0.29, 0.717) is 13.0 Å². The molecule has 6 unspecified atom stereocenters. The fraction of sp³-hybridized carbons (Fsp3) is 0.809. The van der Waals surface area contributed by atoms with Gasteiger partial charge in [-0.3, -0.25) is 13.8 Å². The van der Waals surface area contributed by atoms with Gasteiger partial charge in [0, 0.05) is 13.0 Å². The maximum Gasteiger partial charge on any atom is 0.472 e. The fourth-order valence-corrected chi connectivity index (χ4v) is 7.97. The van der Waals surface area contributed by atoms with Crippen molar-refractivity contribution in [3.8, 4) is 0 Å². The van der Waals surface area contributed by atoms with Gasteiger partial charge in [0.1, 0.15) is 42.7 Å². The van der Waals surface area contributed by atoms with E-state index in [2.05, 4.69) is 62.5 Å². The maximum absolute atomic E-state index is 12.8. The second-order valence-corrected chi connectivity index (χ2v) is 17.6. The summed E-state index contributed by atoms with van der Waals surface area (Å²) in [4.78, 5) is 23.1. The minimum absolute atomic E-state index is 0.0802. The highest BCUT2D eigenvalue weighted by atomic mass is 31.2. The van der Waals surface area contributed by atoms with Crippen LogP contribution in [0.4, 0.5) is 0 Å². The van der Waals surface area contributed by atoms with E-state index < -0.39 is 63.1 Å². The van der Waals surface area contributed by atoms with Crippen LogP contribution in [-0.2, 0) is 27.9 Å². The van der Waals surface area contributed by atoms with Gasteiger partial charge in [-0.05, 0) is 51.4 Å². The molecule has 0 spiro atoms. The predicted octanol–water partition coefficient (Wildman–Crippen LogP) is 9.64. The summed E-state index contributed by atoms with van der Waals surface area (Å²) in [5.41, 5.74) is 0. The second-order valence-electron chi connectivity index (χ2n) is 16.2. The van der Waals surface area contributed by atoms with Gasteiger partial charge >= 0.3 is 13.8 Å². The van der Waals surface area contributed by atoms with Crippen LogP contribution in [0.3, 0.4) is 0 Å². The first-order valence-corrected chi connectivity index (χ1v) is 25.0. The quantitative estimate of drug-likeness (QED) is 0.0149. The molecular formula is C47H85O12P. The van der Waals surface area contributed by atoms with Gasteiger partial charge in [0.15, 0.2) is 0 Å². The average molecular weight is 873 g/mol. The average Bonchev–Trinajstić information content (AvgIpc) is 3.23. The van der Waals surface area contributed by atoms with Crippen LogP contribution in [0, 0.1) is 0 Å². The molecule has 1 fully saturated rings. The van der Waals surface area contributed by atoms with E-state index in [0.717, 1.165) is 77.0 Å². The summed E-state index contributed by atoms with van der Waals surface area (Å²) in [6.45, 7) is 4.12. The summed E-state index contributed by atoms with van der Waals surface area (Å²) in [6, 6.07) is 0. The van der Waals surface area contributed by atoms with Crippen LogP contribution in [0.5, 0.6) is 0 Å². The van der Waals surface area contributed by atoms with E-state index in [1.807, 2.05) is 0 Å².